The highest BCUT2D eigenvalue weighted by Crippen LogP contribution is 2.31. The third-order valence-electron chi connectivity index (χ3n) is 4.68. The fraction of sp³-hybridized carbons (Fsp3) is 0.632. The first-order valence-corrected chi connectivity index (χ1v) is 8.80. The van der Waals surface area contributed by atoms with Crippen molar-refractivity contribution in [2.45, 2.75) is 64.0 Å². The number of carbonyl (C=O) groups excluding carboxylic acids is 1. The lowest BCUT2D eigenvalue weighted by Gasteiger charge is -2.37. The molecule has 1 aliphatic carbocycles. The minimum Gasteiger partial charge on any atom is -0.373 e. The second kappa shape index (κ2) is 8.46. The number of nitrogens with one attached hydrogen (secondary N) is 1. The smallest absolute Gasteiger partial charge is 0.241 e. The van der Waals surface area contributed by atoms with Crippen LogP contribution in [0, 0.1) is 6.92 Å². The van der Waals surface area contributed by atoms with Crippen molar-refractivity contribution in [2.24, 2.45) is 5.73 Å². The molecule has 2 rings (SSSR count). The van der Waals surface area contributed by atoms with Gasteiger partial charge in [0.2, 0.25) is 5.91 Å². The number of hydrogen-bond acceptors (Lipinski definition) is 3. The van der Waals surface area contributed by atoms with Gasteiger partial charge >= 0.3 is 0 Å². The number of aryl methyl sites for hydroxylation is 1. The monoisotopic (exact) mass is 318 g/mol. The summed E-state index contributed by atoms with van der Waals surface area (Å²) in [5, 5.41) is 3.03. The molecule has 23 heavy (non-hydrogen) atoms. The fourth-order valence-corrected chi connectivity index (χ4v) is 3.17. The molecule has 0 aromatic heterocycles. The van der Waals surface area contributed by atoms with Crippen LogP contribution in [0.3, 0.4) is 0 Å². The zero-order valence-electron chi connectivity index (χ0n) is 14.4. The SMILES string of the molecule is CCCOC1(CNC(=O)C(N)c2ccc(C)cc2)CCCCC1. The van der Waals surface area contributed by atoms with Crippen LogP contribution < -0.4 is 11.1 Å². The highest BCUT2D eigenvalue weighted by Gasteiger charge is 2.33. The van der Waals surface area contributed by atoms with Crippen LogP contribution >= 0.6 is 0 Å². The van der Waals surface area contributed by atoms with Crippen LogP contribution in [0.25, 0.3) is 0 Å². The van der Waals surface area contributed by atoms with Crippen LogP contribution in [0.15, 0.2) is 24.3 Å². The highest BCUT2D eigenvalue weighted by atomic mass is 16.5. The topological polar surface area (TPSA) is 64.3 Å². The Morgan fingerprint density at radius 2 is 1.91 bits per heavy atom. The van der Waals surface area contributed by atoms with E-state index in [0.29, 0.717) is 6.54 Å². The summed E-state index contributed by atoms with van der Waals surface area (Å²) in [6, 6.07) is 7.18. The third kappa shape index (κ3) is 5.05. The number of carbonyl (C=O) groups is 1. The molecule has 0 saturated heterocycles. The lowest BCUT2D eigenvalue weighted by atomic mass is 9.84. The molecule has 0 spiro atoms. The average Bonchev–Trinajstić information content (AvgIpc) is 2.59. The summed E-state index contributed by atoms with van der Waals surface area (Å²) in [5.74, 6) is -0.126. The van der Waals surface area contributed by atoms with Gasteiger partial charge in [0.05, 0.1) is 5.60 Å². The van der Waals surface area contributed by atoms with E-state index in [4.69, 9.17) is 10.5 Å². The number of hydrogen-bond donors (Lipinski definition) is 2. The van der Waals surface area contributed by atoms with Gasteiger partial charge in [-0.2, -0.15) is 0 Å². The standard InChI is InChI=1S/C19H30N2O2/c1-3-13-23-19(11-5-4-6-12-19)14-21-18(22)17(20)16-9-7-15(2)8-10-16/h7-10,17H,3-6,11-14,20H2,1-2H3,(H,21,22). The molecule has 4 nitrogen and oxygen atoms in total. The van der Waals surface area contributed by atoms with Crippen LogP contribution in [-0.2, 0) is 9.53 Å². The molecule has 0 bridgehead atoms. The Labute approximate surface area is 139 Å². The molecule has 128 valence electrons. The maximum absolute atomic E-state index is 12.4. The number of ether oxygens (including phenoxy) is 1. The first-order valence-electron chi connectivity index (χ1n) is 8.80. The Bertz CT molecular complexity index is 493. The largest absolute Gasteiger partial charge is 0.373 e. The summed E-state index contributed by atoms with van der Waals surface area (Å²) in [5.41, 5.74) is 7.91. The minimum atomic E-state index is -0.623. The van der Waals surface area contributed by atoms with Gasteiger partial charge in [0.15, 0.2) is 0 Å². The number of benzene rings is 1. The summed E-state index contributed by atoms with van der Waals surface area (Å²) in [4.78, 5) is 12.4. The van der Waals surface area contributed by atoms with Crippen LogP contribution in [0.4, 0.5) is 0 Å². The summed E-state index contributed by atoms with van der Waals surface area (Å²) < 4.78 is 6.12. The lowest BCUT2D eigenvalue weighted by molar-refractivity contribution is -0.125. The average molecular weight is 318 g/mol. The predicted molar refractivity (Wildman–Crippen MR) is 93.2 cm³/mol. The molecule has 3 N–H and O–H groups in total. The molecule has 1 atom stereocenters. The Balaban J connectivity index is 1.93. The van der Waals surface area contributed by atoms with Crippen LogP contribution in [-0.4, -0.2) is 24.7 Å². The third-order valence-corrected chi connectivity index (χ3v) is 4.68. The van der Waals surface area contributed by atoms with Crippen molar-refractivity contribution >= 4 is 5.91 Å². The van der Waals surface area contributed by atoms with Crippen LogP contribution in [0.5, 0.6) is 0 Å². The lowest BCUT2D eigenvalue weighted by Crippen LogP contribution is -2.48. The van der Waals surface area contributed by atoms with E-state index in [9.17, 15) is 4.79 Å². The van der Waals surface area contributed by atoms with E-state index in [2.05, 4.69) is 12.2 Å². The van der Waals surface area contributed by atoms with Crippen LogP contribution in [0.1, 0.15) is 62.6 Å². The zero-order chi connectivity index (χ0) is 16.7. The molecule has 1 aliphatic rings. The second-order valence-electron chi connectivity index (χ2n) is 6.70. The molecule has 1 fully saturated rings. The molecule has 0 aliphatic heterocycles. The molecular weight excluding hydrogens is 288 g/mol. The van der Waals surface area contributed by atoms with Gasteiger partial charge in [-0.3, -0.25) is 4.79 Å². The van der Waals surface area contributed by atoms with Gasteiger partial charge in [-0.15, -0.1) is 0 Å². The first kappa shape index (κ1) is 18.0. The summed E-state index contributed by atoms with van der Waals surface area (Å²) in [6.45, 7) is 5.45. The molecule has 1 aromatic rings. The quantitative estimate of drug-likeness (QED) is 0.811. The summed E-state index contributed by atoms with van der Waals surface area (Å²) in [6.07, 6.45) is 6.64. The van der Waals surface area contributed by atoms with E-state index >= 15 is 0 Å². The molecule has 1 saturated carbocycles. The van der Waals surface area contributed by atoms with Gasteiger partial charge < -0.3 is 15.8 Å². The van der Waals surface area contributed by atoms with Gasteiger partial charge in [-0.05, 0) is 31.7 Å². The maximum atomic E-state index is 12.4. The van der Waals surface area contributed by atoms with E-state index < -0.39 is 6.04 Å². The first-order chi connectivity index (χ1) is 11.1. The van der Waals surface area contributed by atoms with Gasteiger partial charge in [0.25, 0.3) is 0 Å². The van der Waals surface area contributed by atoms with Crippen molar-refractivity contribution in [1.82, 2.24) is 5.32 Å². The van der Waals surface area contributed by atoms with Crippen molar-refractivity contribution in [1.29, 1.82) is 0 Å². The van der Waals surface area contributed by atoms with Gasteiger partial charge in [-0.25, -0.2) is 0 Å². The van der Waals surface area contributed by atoms with Crippen molar-refractivity contribution in [3.63, 3.8) is 0 Å². The second-order valence-corrected chi connectivity index (χ2v) is 6.70. The van der Waals surface area contributed by atoms with Gasteiger partial charge in [0.1, 0.15) is 6.04 Å². The van der Waals surface area contributed by atoms with E-state index in [0.717, 1.165) is 37.0 Å². The molecule has 1 unspecified atom stereocenters. The normalized spacial score (nSPS) is 18.4. The van der Waals surface area contributed by atoms with E-state index in [1.807, 2.05) is 31.2 Å². The van der Waals surface area contributed by atoms with Crippen molar-refractivity contribution < 1.29 is 9.53 Å². The number of amides is 1. The number of rotatable bonds is 7. The van der Waals surface area contributed by atoms with Crippen molar-refractivity contribution in [3.8, 4) is 0 Å². The summed E-state index contributed by atoms with van der Waals surface area (Å²) >= 11 is 0. The Morgan fingerprint density at radius 1 is 1.26 bits per heavy atom. The molecule has 1 amide bonds. The molecule has 0 radical (unpaired) electrons. The molecular formula is C19H30N2O2. The van der Waals surface area contributed by atoms with E-state index in [1.54, 1.807) is 0 Å². The van der Waals surface area contributed by atoms with Gasteiger partial charge in [0, 0.05) is 13.2 Å². The zero-order valence-corrected chi connectivity index (χ0v) is 14.4. The molecule has 4 heteroatoms. The van der Waals surface area contributed by atoms with Crippen molar-refractivity contribution in [3.05, 3.63) is 35.4 Å². The Morgan fingerprint density at radius 3 is 2.52 bits per heavy atom. The van der Waals surface area contributed by atoms with Crippen molar-refractivity contribution in [2.75, 3.05) is 13.2 Å². The number of nitrogens with two attached hydrogens (primary N) is 1. The predicted octanol–water partition coefficient (Wildman–Crippen LogP) is 3.24. The maximum Gasteiger partial charge on any atom is 0.241 e. The fourth-order valence-electron chi connectivity index (χ4n) is 3.17. The Hall–Kier alpha value is -1.39. The minimum absolute atomic E-state index is 0.126. The molecule has 1 aromatic carbocycles. The van der Waals surface area contributed by atoms with E-state index in [-0.39, 0.29) is 11.5 Å². The highest BCUT2D eigenvalue weighted by molar-refractivity contribution is 5.83. The molecule has 0 heterocycles. The van der Waals surface area contributed by atoms with E-state index in [1.165, 1.54) is 19.3 Å². The summed E-state index contributed by atoms with van der Waals surface area (Å²) in [7, 11) is 0. The Kier molecular flexibility index (Phi) is 6.60. The van der Waals surface area contributed by atoms with Crippen LogP contribution in [0.2, 0.25) is 0 Å². The van der Waals surface area contributed by atoms with Gasteiger partial charge in [-0.1, -0.05) is 56.0 Å².